The summed E-state index contributed by atoms with van der Waals surface area (Å²) < 4.78 is 16.4. The summed E-state index contributed by atoms with van der Waals surface area (Å²) in [7, 11) is 0. The Morgan fingerprint density at radius 2 is 2.00 bits per heavy atom. The van der Waals surface area contributed by atoms with Crippen LogP contribution in [0.15, 0.2) is 30.3 Å². The van der Waals surface area contributed by atoms with Gasteiger partial charge < -0.3 is 24.4 Å². The molecule has 2 atom stereocenters. The molecule has 0 amide bonds. The largest absolute Gasteiger partial charge is 0.508 e. The minimum atomic E-state index is -0.619. The van der Waals surface area contributed by atoms with Crippen LogP contribution in [0.3, 0.4) is 0 Å². The number of phenols is 2. The Bertz CT molecular complexity index is 683. The van der Waals surface area contributed by atoms with Gasteiger partial charge in [0.25, 0.3) is 0 Å². The zero-order valence-electron chi connectivity index (χ0n) is 11.4. The summed E-state index contributed by atoms with van der Waals surface area (Å²) >= 11 is 0. The number of aromatic hydroxyl groups is 2. The van der Waals surface area contributed by atoms with Crippen LogP contribution in [0.1, 0.15) is 5.56 Å². The zero-order valence-corrected chi connectivity index (χ0v) is 11.4. The summed E-state index contributed by atoms with van der Waals surface area (Å²) in [5.41, 5.74) is 0.0688. The van der Waals surface area contributed by atoms with Crippen LogP contribution in [-0.4, -0.2) is 42.7 Å². The molecule has 0 aromatic heterocycles. The molecule has 2 aliphatic rings. The number of rotatable bonds is 5. The van der Waals surface area contributed by atoms with Gasteiger partial charge in [-0.1, -0.05) is 12.1 Å². The summed E-state index contributed by atoms with van der Waals surface area (Å²) in [4.78, 5) is 0. The van der Waals surface area contributed by atoms with Gasteiger partial charge in [-0.3, -0.25) is 0 Å². The van der Waals surface area contributed by atoms with E-state index in [0.29, 0.717) is 25.4 Å². The third-order valence-corrected chi connectivity index (χ3v) is 3.97. The molecule has 21 heavy (non-hydrogen) atoms. The number of hydrogen-bond acceptors (Lipinski definition) is 5. The molecule has 110 valence electrons. The fourth-order valence-corrected chi connectivity index (χ4v) is 2.68. The van der Waals surface area contributed by atoms with Crippen molar-refractivity contribution in [3.05, 3.63) is 35.9 Å². The first-order valence-electron chi connectivity index (χ1n) is 6.96. The van der Waals surface area contributed by atoms with Crippen molar-refractivity contribution < 1.29 is 24.4 Å². The molecule has 2 N–H and O–H groups in total. The minimum Gasteiger partial charge on any atom is -0.508 e. The molecule has 2 aliphatic heterocycles. The van der Waals surface area contributed by atoms with E-state index in [1.807, 2.05) is 12.1 Å². The molecule has 0 bridgehead atoms. The van der Waals surface area contributed by atoms with Gasteiger partial charge in [0.05, 0.1) is 26.4 Å². The van der Waals surface area contributed by atoms with Crippen LogP contribution in [0, 0.1) is 0 Å². The quantitative estimate of drug-likeness (QED) is 0.822. The predicted octanol–water partition coefficient (Wildman–Crippen LogP) is 1.89. The zero-order chi connectivity index (χ0) is 14.4. The van der Waals surface area contributed by atoms with Crippen molar-refractivity contribution >= 4 is 10.8 Å². The molecule has 2 fully saturated rings. The van der Waals surface area contributed by atoms with Crippen molar-refractivity contribution in [3.8, 4) is 11.5 Å². The van der Waals surface area contributed by atoms with E-state index in [-0.39, 0.29) is 17.6 Å². The Morgan fingerprint density at radius 3 is 2.71 bits per heavy atom. The van der Waals surface area contributed by atoms with Crippen molar-refractivity contribution in [3.63, 3.8) is 0 Å². The highest BCUT2D eigenvalue weighted by atomic mass is 16.6. The molecule has 4 rings (SSSR count). The van der Waals surface area contributed by atoms with Crippen molar-refractivity contribution in [2.24, 2.45) is 0 Å². The standard InChI is InChI=1S/C16H16O5/c17-11-3-1-10-2-4-14(18)15(13(10)5-11)16(9-21-16)8-19-6-12-7-20-12/h1-5,12,17-18H,6-9H2. The summed E-state index contributed by atoms with van der Waals surface area (Å²) in [6.07, 6.45) is 0.200. The normalized spacial score (nSPS) is 27.0. The van der Waals surface area contributed by atoms with Crippen LogP contribution in [0.5, 0.6) is 11.5 Å². The SMILES string of the molecule is Oc1ccc2ccc(O)c(C3(COCC4CO4)CO3)c2c1. The van der Waals surface area contributed by atoms with Gasteiger partial charge in [0.15, 0.2) is 0 Å². The molecule has 0 aliphatic carbocycles. The highest BCUT2D eigenvalue weighted by Crippen LogP contribution is 2.47. The van der Waals surface area contributed by atoms with Crippen LogP contribution in [0.4, 0.5) is 0 Å². The maximum absolute atomic E-state index is 10.3. The third-order valence-electron chi connectivity index (χ3n) is 3.97. The fourth-order valence-electron chi connectivity index (χ4n) is 2.68. The van der Waals surface area contributed by atoms with Crippen molar-refractivity contribution in [1.29, 1.82) is 0 Å². The first-order valence-corrected chi connectivity index (χ1v) is 6.96. The number of fused-ring (bicyclic) bond motifs is 1. The second-order valence-electron chi connectivity index (χ2n) is 5.62. The Hall–Kier alpha value is -1.82. The van der Waals surface area contributed by atoms with Crippen LogP contribution in [0.2, 0.25) is 0 Å². The van der Waals surface area contributed by atoms with Crippen LogP contribution in [0.25, 0.3) is 10.8 Å². The molecule has 0 radical (unpaired) electrons. The molecule has 2 heterocycles. The van der Waals surface area contributed by atoms with E-state index in [2.05, 4.69) is 0 Å². The lowest BCUT2D eigenvalue weighted by Crippen LogP contribution is -2.19. The van der Waals surface area contributed by atoms with Crippen LogP contribution < -0.4 is 0 Å². The molecule has 5 heteroatoms. The lowest BCUT2D eigenvalue weighted by molar-refractivity contribution is 0.0667. The van der Waals surface area contributed by atoms with Gasteiger partial charge in [0.2, 0.25) is 0 Å². The van der Waals surface area contributed by atoms with Crippen LogP contribution >= 0.6 is 0 Å². The molecule has 5 nitrogen and oxygen atoms in total. The number of benzene rings is 2. The lowest BCUT2D eigenvalue weighted by atomic mass is 9.93. The molecule has 2 aromatic rings. The van der Waals surface area contributed by atoms with Gasteiger partial charge in [-0.05, 0) is 29.0 Å². The smallest absolute Gasteiger partial charge is 0.144 e. The van der Waals surface area contributed by atoms with E-state index in [0.717, 1.165) is 17.4 Å². The molecule has 0 saturated carbocycles. The number of ether oxygens (including phenoxy) is 3. The lowest BCUT2D eigenvalue weighted by Gasteiger charge is -2.17. The van der Waals surface area contributed by atoms with Gasteiger partial charge in [-0.25, -0.2) is 0 Å². The Morgan fingerprint density at radius 1 is 1.24 bits per heavy atom. The highest BCUT2D eigenvalue weighted by Gasteiger charge is 2.50. The molecular formula is C16H16O5. The molecule has 0 spiro atoms. The van der Waals surface area contributed by atoms with E-state index in [9.17, 15) is 10.2 Å². The third kappa shape index (κ3) is 2.33. The van der Waals surface area contributed by atoms with E-state index in [4.69, 9.17) is 14.2 Å². The summed E-state index contributed by atoms with van der Waals surface area (Å²) in [6.45, 7) is 2.17. The van der Waals surface area contributed by atoms with Gasteiger partial charge in [-0.15, -0.1) is 0 Å². The van der Waals surface area contributed by atoms with Crippen molar-refractivity contribution in [1.82, 2.24) is 0 Å². The molecule has 2 aromatic carbocycles. The number of epoxide rings is 2. The van der Waals surface area contributed by atoms with Crippen LogP contribution in [-0.2, 0) is 19.8 Å². The second kappa shape index (κ2) is 4.59. The van der Waals surface area contributed by atoms with E-state index in [1.54, 1.807) is 18.2 Å². The first kappa shape index (κ1) is 12.9. The highest BCUT2D eigenvalue weighted by molar-refractivity contribution is 5.90. The minimum absolute atomic E-state index is 0.164. The summed E-state index contributed by atoms with van der Waals surface area (Å²) in [5, 5.41) is 21.7. The Labute approximate surface area is 121 Å². The molecule has 2 saturated heterocycles. The second-order valence-corrected chi connectivity index (χ2v) is 5.62. The topological polar surface area (TPSA) is 74.8 Å². The Kier molecular flexibility index (Phi) is 2.82. The van der Waals surface area contributed by atoms with Gasteiger partial charge in [0, 0.05) is 5.56 Å². The average molecular weight is 288 g/mol. The monoisotopic (exact) mass is 288 g/mol. The summed E-state index contributed by atoms with van der Waals surface area (Å²) in [6, 6.07) is 8.58. The number of phenolic OH excluding ortho intramolecular Hbond substituents is 2. The maximum atomic E-state index is 10.3. The molecule has 2 unspecified atom stereocenters. The fraction of sp³-hybridized carbons (Fsp3) is 0.375. The van der Waals surface area contributed by atoms with Crippen molar-refractivity contribution in [2.45, 2.75) is 11.7 Å². The van der Waals surface area contributed by atoms with Gasteiger partial charge in [0.1, 0.15) is 23.2 Å². The first-order chi connectivity index (χ1) is 10.2. The summed E-state index contributed by atoms with van der Waals surface area (Å²) in [5.74, 6) is 0.328. The van der Waals surface area contributed by atoms with E-state index in [1.165, 1.54) is 0 Å². The van der Waals surface area contributed by atoms with Crippen molar-refractivity contribution in [2.75, 3.05) is 26.4 Å². The predicted molar refractivity (Wildman–Crippen MR) is 75.5 cm³/mol. The average Bonchev–Trinajstić information content (AvgIpc) is 3.35. The Balaban J connectivity index is 1.70. The molecular weight excluding hydrogens is 272 g/mol. The van der Waals surface area contributed by atoms with Gasteiger partial charge >= 0.3 is 0 Å². The van der Waals surface area contributed by atoms with E-state index < -0.39 is 5.60 Å². The van der Waals surface area contributed by atoms with Gasteiger partial charge in [-0.2, -0.15) is 0 Å². The maximum Gasteiger partial charge on any atom is 0.144 e. The van der Waals surface area contributed by atoms with E-state index >= 15 is 0 Å². The number of hydrogen-bond donors (Lipinski definition) is 2.